The molecule has 4 nitrogen and oxygen atoms in total. The molecule has 1 aromatic rings. The van der Waals surface area contributed by atoms with E-state index in [2.05, 4.69) is 17.0 Å². The topological polar surface area (TPSA) is 60.4 Å². The Bertz CT molecular complexity index is 711. The number of thioether (sulfide) groups is 1. The molecule has 0 unspecified atom stereocenters. The number of anilines is 1. The minimum Gasteiger partial charge on any atom is -0.748 e. The number of rotatable bonds is 6. The average molecular weight is 357 g/mol. The van der Waals surface area contributed by atoms with Gasteiger partial charge in [0.2, 0.25) is 0 Å². The minimum absolute atomic E-state index is 0.302. The van der Waals surface area contributed by atoms with Gasteiger partial charge in [0.15, 0.2) is 0 Å². The van der Waals surface area contributed by atoms with Gasteiger partial charge in [-0.25, -0.2) is 8.42 Å². The summed E-state index contributed by atoms with van der Waals surface area (Å²) in [5.74, 6) is -0.346. The Morgan fingerprint density at radius 3 is 2.82 bits per heavy atom. The van der Waals surface area contributed by atoms with E-state index in [1.165, 1.54) is 0 Å². The van der Waals surface area contributed by atoms with E-state index in [9.17, 15) is 13.0 Å². The van der Waals surface area contributed by atoms with Crippen molar-refractivity contribution >= 4 is 44.6 Å². The average Bonchev–Trinajstić information content (AvgIpc) is 2.75. The molecule has 1 aliphatic heterocycles. The van der Waals surface area contributed by atoms with Crippen molar-refractivity contribution in [3.05, 3.63) is 34.9 Å². The van der Waals surface area contributed by atoms with Crippen molar-refractivity contribution in [1.29, 1.82) is 0 Å². The van der Waals surface area contributed by atoms with Gasteiger partial charge in [0, 0.05) is 22.1 Å². The number of fused-ring (bicyclic) bond motifs is 1. The van der Waals surface area contributed by atoms with E-state index >= 15 is 0 Å². The van der Waals surface area contributed by atoms with Crippen LogP contribution in [0.1, 0.15) is 25.3 Å². The molecular formula is C15H18NO3S3-. The largest absolute Gasteiger partial charge is 0.748 e. The summed E-state index contributed by atoms with van der Waals surface area (Å²) in [6.07, 6.45) is 3.05. The number of aryl methyl sites for hydroxylation is 1. The summed E-state index contributed by atoms with van der Waals surface area (Å²) in [5, 5.41) is 0.996. The second-order valence-corrected chi connectivity index (χ2v) is 8.25. The van der Waals surface area contributed by atoms with Gasteiger partial charge in [-0.1, -0.05) is 37.0 Å². The van der Waals surface area contributed by atoms with Crippen molar-refractivity contribution in [2.75, 3.05) is 17.2 Å². The highest BCUT2D eigenvalue weighted by molar-refractivity contribution is 8.03. The quantitative estimate of drug-likeness (QED) is 0.442. The molecule has 0 radical (unpaired) electrons. The first kappa shape index (κ1) is 17.5. The first-order valence-corrected chi connectivity index (χ1v) is 9.84. The second-order valence-electron chi connectivity index (χ2n) is 5.14. The third-order valence-corrected chi connectivity index (χ3v) is 5.60. The van der Waals surface area contributed by atoms with Crippen molar-refractivity contribution in [2.45, 2.75) is 31.6 Å². The maximum Gasteiger partial charge on any atom is 0.0946 e. The lowest BCUT2D eigenvalue weighted by Gasteiger charge is -2.21. The zero-order valence-corrected chi connectivity index (χ0v) is 15.0. The third kappa shape index (κ3) is 4.55. The van der Waals surface area contributed by atoms with Crippen LogP contribution in [0, 0.1) is 6.92 Å². The Hall–Kier alpha value is -0.890. The molecule has 0 saturated heterocycles. The highest BCUT2D eigenvalue weighted by Crippen LogP contribution is 2.46. The summed E-state index contributed by atoms with van der Waals surface area (Å²) in [5.41, 5.74) is 2.19. The van der Waals surface area contributed by atoms with Crippen molar-refractivity contribution in [1.82, 2.24) is 0 Å². The van der Waals surface area contributed by atoms with Crippen LogP contribution in [0.25, 0.3) is 0 Å². The van der Waals surface area contributed by atoms with Crippen molar-refractivity contribution in [2.24, 2.45) is 0 Å². The molecule has 2 rings (SSSR count). The van der Waals surface area contributed by atoms with Crippen LogP contribution in [0.3, 0.4) is 0 Å². The lowest BCUT2D eigenvalue weighted by molar-refractivity contribution is 0.461. The molecular weight excluding hydrogens is 338 g/mol. The fourth-order valence-corrected chi connectivity index (χ4v) is 3.99. The number of allylic oxidation sites excluding steroid dienone is 1. The van der Waals surface area contributed by atoms with Crippen molar-refractivity contribution in [3.8, 4) is 0 Å². The SMILES string of the molecule is CCC(=S)C=C1Sc2ccc(C)cc2N1CCCS(=O)(=O)[O-]. The van der Waals surface area contributed by atoms with E-state index < -0.39 is 10.1 Å². The van der Waals surface area contributed by atoms with Gasteiger partial charge >= 0.3 is 0 Å². The number of nitrogens with zero attached hydrogens (tertiary/aromatic N) is 1. The lowest BCUT2D eigenvalue weighted by Crippen LogP contribution is -2.22. The fourth-order valence-electron chi connectivity index (χ4n) is 2.19. The Labute approximate surface area is 141 Å². The number of benzene rings is 1. The molecule has 0 aliphatic carbocycles. The van der Waals surface area contributed by atoms with Gasteiger partial charge < -0.3 is 9.45 Å². The number of hydrogen-bond donors (Lipinski definition) is 0. The smallest absolute Gasteiger partial charge is 0.0946 e. The molecule has 0 atom stereocenters. The van der Waals surface area contributed by atoms with Gasteiger partial charge in [0.05, 0.1) is 20.8 Å². The summed E-state index contributed by atoms with van der Waals surface area (Å²) in [6.45, 7) is 4.51. The molecule has 22 heavy (non-hydrogen) atoms. The molecule has 0 aromatic heterocycles. The molecule has 1 aliphatic rings. The van der Waals surface area contributed by atoms with Crippen molar-refractivity contribution < 1.29 is 13.0 Å². The standard InChI is InChI=1S/C15H19NO3S3/c1-3-12(20)10-15-16(7-4-8-22(17,18)19)13-9-11(2)5-6-14(13)21-15/h5-6,9-10H,3-4,7-8H2,1-2H3,(H,17,18,19)/p-1. The fraction of sp³-hybridized carbons (Fsp3) is 0.400. The number of thiocarbonyl (C=S) groups is 1. The van der Waals surface area contributed by atoms with Crippen LogP contribution in [0.4, 0.5) is 5.69 Å². The maximum atomic E-state index is 10.8. The van der Waals surface area contributed by atoms with Gasteiger partial charge in [-0.15, -0.1) is 0 Å². The highest BCUT2D eigenvalue weighted by Gasteiger charge is 2.25. The van der Waals surface area contributed by atoms with E-state index in [1.54, 1.807) is 11.8 Å². The predicted molar refractivity (Wildman–Crippen MR) is 94.5 cm³/mol. The lowest BCUT2D eigenvalue weighted by atomic mass is 10.2. The zero-order chi connectivity index (χ0) is 16.3. The first-order chi connectivity index (χ1) is 10.3. The summed E-state index contributed by atoms with van der Waals surface area (Å²) < 4.78 is 32.4. The Balaban J connectivity index is 2.25. The van der Waals surface area contributed by atoms with Crippen LogP contribution in [0.15, 0.2) is 34.2 Å². The van der Waals surface area contributed by atoms with Gasteiger partial charge in [0.25, 0.3) is 0 Å². The Morgan fingerprint density at radius 2 is 2.18 bits per heavy atom. The zero-order valence-electron chi connectivity index (χ0n) is 12.5. The maximum absolute atomic E-state index is 10.8. The van der Waals surface area contributed by atoms with E-state index in [4.69, 9.17) is 12.2 Å². The van der Waals surface area contributed by atoms with Crippen LogP contribution in [0.2, 0.25) is 0 Å². The summed E-state index contributed by atoms with van der Waals surface area (Å²) in [6, 6.07) is 6.18. The van der Waals surface area contributed by atoms with Gasteiger partial charge in [-0.05, 0) is 43.5 Å². The normalized spacial score (nSPS) is 16.1. The molecule has 0 amide bonds. The highest BCUT2D eigenvalue weighted by atomic mass is 32.2. The molecule has 1 heterocycles. The monoisotopic (exact) mass is 356 g/mol. The summed E-state index contributed by atoms with van der Waals surface area (Å²) >= 11 is 6.92. The predicted octanol–water partition coefficient (Wildman–Crippen LogP) is 3.46. The molecule has 1 aromatic carbocycles. The molecule has 0 saturated carbocycles. The number of hydrogen-bond acceptors (Lipinski definition) is 6. The Kier molecular flexibility index (Phi) is 5.65. The van der Waals surface area contributed by atoms with E-state index in [0.29, 0.717) is 13.0 Å². The third-order valence-electron chi connectivity index (χ3n) is 3.29. The minimum atomic E-state index is -4.18. The molecule has 0 bridgehead atoms. The van der Waals surface area contributed by atoms with Gasteiger partial charge in [-0.2, -0.15) is 0 Å². The van der Waals surface area contributed by atoms with Crippen LogP contribution in [0.5, 0.6) is 0 Å². The van der Waals surface area contributed by atoms with Crippen LogP contribution < -0.4 is 4.90 Å². The van der Waals surface area contributed by atoms with Crippen LogP contribution in [-0.4, -0.2) is 30.1 Å². The van der Waals surface area contributed by atoms with Crippen LogP contribution >= 0.6 is 24.0 Å². The van der Waals surface area contributed by atoms with E-state index in [0.717, 1.165) is 32.5 Å². The first-order valence-electron chi connectivity index (χ1n) is 7.04. The Morgan fingerprint density at radius 1 is 1.45 bits per heavy atom. The molecule has 0 N–H and O–H groups in total. The molecule has 7 heteroatoms. The second kappa shape index (κ2) is 7.12. The summed E-state index contributed by atoms with van der Waals surface area (Å²) in [4.78, 5) is 4.04. The molecule has 120 valence electrons. The van der Waals surface area contributed by atoms with Crippen molar-refractivity contribution in [3.63, 3.8) is 0 Å². The van der Waals surface area contributed by atoms with Gasteiger partial charge in [-0.3, -0.25) is 0 Å². The van der Waals surface area contributed by atoms with E-state index in [1.807, 2.05) is 26.0 Å². The van der Waals surface area contributed by atoms with Crippen LogP contribution in [-0.2, 0) is 10.1 Å². The molecule has 0 fully saturated rings. The molecule has 0 spiro atoms. The van der Waals surface area contributed by atoms with E-state index in [-0.39, 0.29) is 5.75 Å². The summed E-state index contributed by atoms with van der Waals surface area (Å²) in [7, 11) is -4.18. The van der Waals surface area contributed by atoms with Gasteiger partial charge in [0.1, 0.15) is 0 Å².